The molecule has 0 atom stereocenters. The number of nitrogens with one attached hydrogen (secondary N) is 2. The molecule has 0 saturated carbocycles. The summed E-state index contributed by atoms with van der Waals surface area (Å²) in [7, 11) is 1.74. The number of amides is 2. The number of alkyl halides is 3. The Hall–Kier alpha value is -4.48. The van der Waals surface area contributed by atoms with Crippen LogP contribution in [0, 0.1) is 5.82 Å². The molecule has 2 N–H and O–H groups in total. The van der Waals surface area contributed by atoms with Crippen LogP contribution < -0.4 is 15.4 Å². The summed E-state index contributed by atoms with van der Waals surface area (Å²) in [5.74, 6) is -0.210. The average molecular weight is 472 g/mol. The molecule has 0 saturated heterocycles. The summed E-state index contributed by atoms with van der Waals surface area (Å²) in [6.45, 7) is 0. The maximum atomic E-state index is 14.1. The predicted octanol–water partition coefficient (Wildman–Crippen LogP) is 5.47. The van der Waals surface area contributed by atoms with Gasteiger partial charge < -0.3 is 15.4 Å². The third kappa shape index (κ3) is 5.65. The molecule has 2 heterocycles. The molecule has 2 aromatic carbocycles. The number of nitrogens with zero attached hydrogens (tertiary/aromatic N) is 4. The Labute approximate surface area is 190 Å². The Morgan fingerprint density at radius 2 is 1.85 bits per heavy atom. The molecule has 0 aliphatic rings. The number of carbonyl (C=O) groups excluding carboxylic acids is 1. The largest absolute Gasteiger partial charge is 0.439 e. The lowest BCUT2D eigenvalue weighted by atomic mass is 10.2. The van der Waals surface area contributed by atoms with Crippen molar-refractivity contribution < 1.29 is 27.1 Å². The molecule has 4 rings (SSSR count). The first-order valence-electron chi connectivity index (χ1n) is 9.71. The molecule has 12 heteroatoms. The normalized spacial score (nSPS) is 11.2. The zero-order valence-corrected chi connectivity index (χ0v) is 17.5. The average Bonchev–Trinajstić information content (AvgIpc) is 3.19. The maximum Gasteiger partial charge on any atom is 0.416 e. The highest BCUT2D eigenvalue weighted by molar-refractivity contribution is 5.99. The fourth-order valence-electron chi connectivity index (χ4n) is 2.96. The third-order valence-electron chi connectivity index (χ3n) is 4.39. The first-order valence-corrected chi connectivity index (χ1v) is 9.71. The van der Waals surface area contributed by atoms with Gasteiger partial charge in [0.15, 0.2) is 5.82 Å². The van der Waals surface area contributed by atoms with Crippen molar-refractivity contribution in [3.8, 4) is 23.0 Å². The number of aryl methyl sites for hydroxylation is 1. The van der Waals surface area contributed by atoms with Crippen LogP contribution in [0.5, 0.6) is 11.6 Å². The lowest BCUT2D eigenvalue weighted by molar-refractivity contribution is -0.137. The van der Waals surface area contributed by atoms with E-state index in [9.17, 15) is 22.4 Å². The number of aromatic nitrogens is 4. The van der Waals surface area contributed by atoms with E-state index < -0.39 is 23.6 Å². The summed E-state index contributed by atoms with van der Waals surface area (Å²) in [5.41, 5.74) is -0.326. The van der Waals surface area contributed by atoms with Crippen LogP contribution >= 0.6 is 0 Å². The molecule has 0 aliphatic carbocycles. The topological polar surface area (TPSA) is 94.0 Å². The Balaban J connectivity index is 1.47. The number of halogens is 4. The molecule has 2 aromatic heterocycles. The van der Waals surface area contributed by atoms with Crippen molar-refractivity contribution >= 4 is 17.4 Å². The number of benzene rings is 2. The van der Waals surface area contributed by atoms with Crippen LogP contribution in [-0.2, 0) is 13.2 Å². The fourth-order valence-corrected chi connectivity index (χ4v) is 2.96. The van der Waals surface area contributed by atoms with Crippen molar-refractivity contribution in [1.82, 2.24) is 19.7 Å². The molecule has 0 fully saturated rings. The van der Waals surface area contributed by atoms with Gasteiger partial charge in [-0.25, -0.2) is 14.2 Å². The fraction of sp³-hybridized carbons (Fsp3) is 0.0909. The van der Waals surface area contributed by atoms with Crippen LogP contribution in [0.25, 0.3) is 11.4 Å². The monoisotopic (exact) mass is 472 g/mol. The van der Waals surface area contributed by atoms with Gasteiger partial charge >= 0.3 is 12.2 Å². The summed E-state index contributed by atoms with van der Waals surface area (Å²) >= 11 is 0. The van der Waals surface area contributed by atoms with E-state index in [0.29, 0.717) is 11.4 Å². The summed E-state index contributed by atoms with van der Waals surface area (Å²) in [6, 6.07) is 8.18. The summed E-state index contributed by atoms with van der Waals surface area (Å²) in [5, 5.41) is 8.69. The first-order chi connectivity index (χ1) is 16.2. The van der Waals surface area contributed by atoms with Gasteiger partial charge in [0, 0.05) is 49.0 Å². The lowest BCUT2D eigenvalue weighted by Crippen LogP contribution is -2.20. The molecule has 0 radical (unpaired) electrons. The number of anilines is 2. The van der Waals surface area contributed by atoms with Gasteiger partial charge in [0.05, 0.1) is 17.3 Å². The van der Waals surface area contributed by atoms with Crippen LogP contribution in [0.1, 0.15) is 5.56 Å². The zero-order chi connectivity index (χ0) is 24.3. The van der Waals surface area contributed by atoms with Crippen LogP contribution in [0.3, 0.4) is 0 Å². The van der Waals surface area contributed by atoms with Crippen molar-refractivity contribution in [2.75, 3.05) is 10.6 Å². The quantitative estimate of drug-likeness (QED) is 0.376. The second-order valence-electron chi connectivity index (χ2n) is 7.06. The molecule has 0 unspecified atom stereocenters. The lowest BCUT2D eigenvalue weighted by Gasteiger charge is -2.12. The number of hydrogen-bond donors (Lipinski definition) is 2. The molecule has 34 heavy (non-hydrogen) atoms. The first kappa shape index (κ1) is 22.7. The van der Waals surface area contributed by atoms with Gasteiger partial charge in [-0.1, -0.05) is 6.07 Å². The van der Waals surface area contributed by atoms with E-state index >= 15 is 0 Å². The molecule has 2 amide bonds. The highest BCUT2D eigenvalue weighted by Gasteiger charge is 2.30. The summed E-state index contributed by atoms with van der Waals surface area (Å²) in [4.78, 5) is 20.6. The Morgan fingerprint density at radius 1 is 1.06 bits per heavy atom. The van der Waals surface area contributed by atoms with Gasteiger partial charge in [-0.2, -0.15) is 23.3 Å². The highest BCUT2D eigenvalue weighted by Crippen LogP contribution is 2.31. The number of rotatable bonds is 5. The third-order valence-corrected chi connectivity index (χ3v) is 4.39. The Morgan fingerprint density at radius 3 is 2.59 bits per heavy atom. The van der Waals surface area contributed by atoms with Gasteiger partial charge in [0.1, 0.15) is 11.6 Å². The Kier molecular flexibility index (Phi) is 6.13. The minimum atomic E-state index is -4.55. The molecule has 0 spiro atoms. The number of urea groups is 1. The van der Waals surface area contributed by atoms with Crippen molar-refractivity contribution in [3.63, 3.8) is 0 Å². The van der Waals surface area contributed by atoms with E-state index in [-0.39, 0.29) is 23.0 Å². The SMILES string of the molecule is Cn1cc(-c2nccc(Oc3cc(F)cc(NC(=O)Nc4cccc(C(F)(F)F)c4)c3)n2)cn1. The second kappa shape index (κ2) is 9.17. The zero-order valence-electron chi connectivity index (χ0n) is 17.5. The van der Waals surface area contributed by atoms with E-state index in [2.05, 4.69) is 25.7 Å². The van der Waals surface area contributed by atoms with Gasteiger partial charge in [-0.3, -0.25) is 4.68 Å². The molecule has 174 valence electrons. The molecule has 4 aromatic rings. The van der Waals surface area contributed by atoms with Crippen molar-refractivity contribution in [2.24, 2.45) is 7.05 Å². The molecule has 0 bridgehead atoms. The smallest absolute Gasteiger partial charge is 0.416 e. The van der Waals surface area contributed by atoms with E-state index in [4.69, 9.17) is 4.74 Å². The van der Waals surface area contributed by atoms with Crippen molar-refractivity contribution in [3.05, 3.63) is 78.5 Å². The van der Waals surface area contributed by atoms with Crippen LogP contribution in [0.15, 0.2) is 67.1 Å². The van der Waals surface area contributed by atoms with Crippen molar-refractivity contribution in [2.45, 2.75) is 6.18 Å². The van der Waals surface area contributed by atoms with E-state index in [1.165, 1.54) is 24.4 Å². The molecular formula is C22H16F4N6O2. The molecule has 8 nitrogen and oxygen atoms in total. The van der Waals surface area contributed by atoms with E-state index in [1.54, 1.807) is 24.1 Å². The predicted molar refractivity (Wildman–Crippen MR) is 115 cm³/mol. The minimum Gasteiger partial charge on any atom is -0.439 e. The number of carbonyl (C=O) groups is 1. The maximum absolute atomic E-state index is 14.1. The minimum absolute atomic E-state index is 0.0148. The second-order valence-corrected chi connectivity index (χ2v) is 7.06. The van der Waals surface area contributed by atoms with Gasteiger partial charge in [-0.15, -0.1) is 0 Å². The summed E-state index contributed by atoms with van der Waals surface area (Å²) < 4.78 is 59.8. The van der Waals surface area contributed by atoms with Gasteiger partial charge in [0.25, 0.3) is 0 Å². The summed E-state index contributed by atoms with van der Waals surface area (Å²) in [6.07, 6.45) is 0.200. The van der Waals surface area contributed by atoms with Gasteiger partial charge in [0.2, 0.25) is 5.88 Å². The highest BCUT2D eigenvalue weighted by atomic mass is 19.4. The van der Waals surface area contributed by atoms with Gasteiger partial charge in [-0.05, 0) is 24.3 Å². The standard InChI is InChI=1S/C22H16F4N6O2/c1-32-12-13(11-28-32)20-27-6-5-19(31-20)34-18-9-15(23)8-17(10-18)30-21(33)29-16-4-2-3-14(7-16)22(24,25)26/h2-12H,1H3,(H2,29,30,33). The molecular weight excluding hydrogens is 456 g/mol. The van der Waals surface area contributed by atoms with E-state index in [1.807, 2.05) is 0 Å². The van der Waals surface area contributed by atoms with Crippen LogP contribution in [0.2, 0.25) is 0 Å². The van der Waals surface area contributed by atoms with Crippen LogP contribution in [0.4, 0.5) is 33.7 Å². The number of hydrogen-bond acceptors (Lipinski definition) is 5. The van der Waals surface area contributed by atoms with Crippen LogP contribution in [-0.4, -0.2) is 25.8 Å². The number of ether oxygens (including phenoxy) is 1. The Bertz CT molecular complexity index is 1340. The molecule has 0 aliphatic heterocycles. The van der Waals surface area contributed by atoms with E-state index in [0.717, 1.165) is 30.3 Å². The van der Waals surface area contributed by atoms with Crippen molar-refractivity contribution in [1.29, 1.82) is 0 Å².